The van der Waals surface area contributed by atoms with E-state index in [1.54, 1.807) is 34.0 Å². The van der Waals surface area contributed by atoms with E-state index in [4.69, 9.17) is 0 Å². The van der Waals surface area contributed by atoms with Gasteiger partial charge >= 0.3 is 0 Å². The minimum Gasteiger partial charge on any atom is -0.312 e. The van der Waals surface area contributed by atoms with Crippen molar-refractivity contribution in [3.05, 3.63) is 42.1 Å². The number of rotatable bonds is 5. The fourth-order valence-electron chi connectivity index (χ4n) is 2.83. The summed E-state index contributed by atoms with van der Waals surface area (Å²) >= 11 is 0. The fourth-order valence-corrected chi connectivity index (χ4v) is 2.83. The predicted octanol–water partition coefficient (Wildman–Crippen LogP) is 2.92. The number of hydrogen-bond acceptors (Lipinski definition) is 3. The summed E-state index contributed by atoms with van der Waals surface area (Å²) in [4.78, 5) is 25.9. The van der Waals surface area contributed by atoms with Gasteiger partial charge in [0, 0.05) is 36.8 Å². The maximum absolute atomic E-state index is 12.4. The van der Waals surface area contributed by atoms with Gasteiger partial charge in [-0.2, -0.15) is 5.10 Å². The molecule has 2 aromatic rings. The molecule has 2 amide bonds. The zero-order valence-corrected chi connectivity index (χ0v) is 14.0. The average molecular weight is 326 g/mol. The number of aromatic nitrogens is 2. The van der Waals surface area contributed by atoms with Crippen LogP contribution in [-0.4, -0.2) is 28.1 Å². The lowest BCUT2D eigenvalue weighted by Crippen LogP contribution is -2.23. The molecule has 1 saturated heterocycles. The number of amides is 2. The van der Waals surface area contributed by atoms with Gasteiger partial charge in [-0.05, 0) is 36.6 Å². The number of anilines is 2. The zero-order valence-electron chi connectivity index (χ0n) is 14.0. The molecule has 1 aromatic carbocycles. The summed E-state index contributed by atoms with van der Waals surface area (Å²) in [5.74, 6) is 1.09. The molecule has 6 heteroatoms. The van der Waals surface area contributed by atoms with Gasteiger partial charge in [0.05, 0.1) is 6.20 Å². The van der Waals surface area contributed by atoms with E-state index in [-0.39, 0.29) is 11.8 Å². The van der Waals surface area contributed by atoms with Crippen molar-refractivity contribution in [2.75, 3.05) is 16.8 Å². The lowest BCUT2D eigenvalue weighted by atomic mass is 10.2. The maximum Gasteiger partial charge on any atom is 0.256 e. The Bertz CT molecular complexity index is 734. The molecule has 0 radical (unpaired) electrons. The van der Waals surface area contributed by atoms with Crippen molar-refractivity contribution in [3.63, 3.8) is 0 Å². The van der Waals surface area contributed by atoms with Gasteiger partial charge in [-0.3, -0.25) is 9.59 Å². The first-order chi connectivity index (χ1) is 11.5. The van der Waals surface area contributed by atoms with Crippen LogP contribution < -0.4 is 10.2 Å². The van der Waals surface area contributed by atoms with E-state index in [9.17, 15) is 9.59 Å². The summed E-state index contributed by atoms with van der Waals surface area (Å²) in [6.07, 6.45) is 3.17. The quantitative estimate of drug-likeness (QED) is 0.918. The van der Waals surface area contributed by atoms with Crippen LogP contribution in [0.3, 0.4) is 0 Å². The first kappa shape index (κ1) is 16.2. The predicted molar refractivity (Wildman–Crippen MR) is 93.0 cm³/mol. The molecule has 6 nitrogen and oxygen atoms in total. The van der Waals surface area contributed by atoms with E-state index in [0.29, 0.717) is 23.7 Å². The van der Waals surface area contributed by atoms with Crippen LogP contribution in [0.2, 0.25) is 0 Å². The summed E-state index contributed by atoms with van der Waals surface area (Å²) < 4.78 is 1.79. The number of nitrogens with zero attached hydrogens (tertiary/aromatic N) is 3. The molecule has 0 aliphatic carbocycles. The van der Waals surface area contributed by atoms with E-state index >= 15 is 0 Å². The molecule has 1 aliphatic heterocycles. The van der Waals surface area contributed by atoms with Crippen molar-refractivity contribution >= 4 is 23.3 Å². The molecule has 1 aromatic heterocycles. The van der Waals surface area contributed by atoms with Crippen LogP contribution in [0.1, 0.15) is 37.0 Å². The minimum atomic E-state index is -0.181. The smallest absolute Gasteiger partial charge is 0.256 e. The summed E-state index contributed by atoms with van der Waals surface area (Å²) in [5.41, 5.74) is 1.40. The fraction of sp³-hybridized carbons (Fsp3) is 0.389. The normalized spacial score (nSPS) is 14.5. The topological polar surface area (TPSA) is 67.2 Å². The first-order valence-electron chi connectivity index (χ1n) is 8.28. The number of nitrogens with one attached hydrogen (secondary N) is 1. The second-order valence-electron chi connectivity index (χ2n) is 6.44. The Morgan fingerprint density at radius 3 is 2.62 bits per heavy atom. The lowest BCUT2D eigenvalue weighted by Gasteiger charge is -2.16. The Morgan fingerprint density at radius 2 is 2.00 bits per heavy atom. The number of carbonyl (C=O) groups is 2. The second kappa shape index (κ2) is 6.86. The van der Waals surface area contributed by atoms with Gasteiger partial charge in [0.1, 0.15) is 5.82 Å². The minimum absolute atomic E-state index is 0.143. The van der Waals surface area contributed by atoms with Crippen molar-refractivity contribution in [1.29, 1.82) is 0 Å². The monoisotopic (exact) mass is 326 g/mol. The van der Waals surface area contributed by atoms with Gasteiger partial charge < -0.3 is 10.2 Å². The molecule has 3 rings (SSSR count). The third-order valence-electron chi connectivity index (χ3n) is 4.01. The number of benzene rings is 1. The standard InChI is InChI=1S/C18H22N4O2/c1-13(2)12-22-16(9-10-19-22)20-18(24)14-5-7-15(8-6-14)21-11-3-4-17(21)23/h5-10,13H,3-4,11-12H2,1-2H3,(H,20,24). The molecule has 24 heavy (non-hydrogen) atoms. The SMILES string of the molecule is CC(C)Cn1nccc1NC(=O)c1ccc(N2CCCC2=O)cc1. The van der Waals surface area contributed by atoms with Crippen molar-refractivity contribution < 1.29 is 9.59 Å². The van der Waals surface area contributed by atoms with Crippen LogP contribution in [0.4, 0.5) is 11.5 Å². The van der Waals surface area contributed by atoms with Crippen LogP contribution in [0, 0.1) is 5.92 Å². The van der Waals surface area contributed by atoms with Gasteiger partial charge in [0.15, 0.2) is 0 Å². The van der Waals surface area contributed by atoms with Crippen molar-refractivity contribution in [2.45, 2.75) is 33.2 Å². The summed E-state index contributed by atoms with van der Waals surface area (Å²) in [6, 6.07) is 8.93. The van der Waals surface area contributed by atoms with Crippen LogP contribution in [0.25, 0.3) is 0 Å². The Morgan fingerprint density at radius 1 is 1.25 bits per heavy atom. The molecule has 1 aliphatic rings. The molecule has 0 unspecified atom stereocenters. The van der Waals surface area contributed by atoms with E-state index in [1.165, 1.54) is 0 Å². The Balaban J connectivity index is 1.69. The van der Waals surface area contributed by atoms with Gasteiger partial charge in [-0.25, -0.2) is 4.68 Å². The van der Waals surface area contributed by atoms with E-state index in [2.05, 4.69) is 24.3 Å². The Hall–Kier alpha value is -2.63. The second-order valence-corrected chi connectivity index (χ2v) is 6.44. The molecule has 0 saturated carbocycles. The van der Waals surface area contributed by atoms with Crippen molar-refractivity contribution in [3.8, 4) is 0 Å². The van der Waals surface area contributed by atoms with Crippen LogP contribution in [0.15, 0.2) is 36.5 Å². The van der Waals surface area contributed by atoms with Gasteiger partial charge in [0.2, 0.25) is 5.91 Å². The third-order valence-corrected chi connectivity index (χ3v) is 4.01. The molecule has 0 bridgehead atoms. The molecular formula is C18H22N4O2. The number of hydrogen-bond donors (Lipinski definition) is 1. The Labute approximate surface area is 141 Å². The highest BCUT2D eigenvalue weighted by molar-refractivity contribution is 6.04. The molecule has 1 fully saturated rings. The molecule has 0 spiro atoms. The van der Waals surface area contributed by atoms with Gasteiger partial charge in [0.25, 0.3) is 5.91 Å². The summed E-state index contributed by atoms with van der Waals surface area (Å²) in [5, 5.41) is 7.13. The van der Waals surface area contributed by atoms with E-state index in [1.807, 2.05) is 12.1 Å². The van der Waals surface area contributed by atoms with Crippen molar-refractivity contribution in [1.82, 2.24) is 9.78 Å². The van der Waals surface area contributed by atoms with Gasteiger partial charge in [-0.15, -0.1) is 0 Å². The largest absolute Gasteiger partial charge is 0.312 e. The summed E-state index contributed by atoms with van der Waals surface area (Å²) in [7, 11) is 0. The molecule has 1 N–H and O–H groups in total. The number of carbonyl (C=O) groups excluding carboxylic acids is 2. The Kier molecular flexibility index (Phi) is 4.64. The average Bonchev–Trinajstić information content (AvgIpc) is 3.16. The van der Waals surface area contributed by atoms with Gasteiger partial charge in [-0.1, -0.05) is 13.8 Å². The van der Waals surface area contributed by atoms with Crippen LogP contribution in [0.5, 0.6) is 0 Å². The van der Waals surface area contributed by atoms with Crippen molar-refractivity contribution in [2.24, 2.45) is 5.92 Å². The molecule has 126 valence electrons. The summed E-state index contributed by atoms with van der Waals surface area (Å²) in [6.45, 7) is 5.70. The van der Waals surface area contributed by atoms with Crippen LogP contribution >= 0.6 is 0 Å². The third kappa shape index (κ3) is 3.48. The highest BCUT2D eigenvalue weighted by Crippen LogP contribution is 2.22. The van der Waals surface area contributed by atoms with Crippen LogP contribution in [-0.2, 0) is 11.3 Å². The highest BCUT2D eigenvalue weighted by atomic mass is 16.2. The maximum atomic E-state index is 12.4. The highest BCUT2D eigenvalue weighted by Gasteiger charge is 2.21. The lowest BCUT2D eigenvalue weighted by molar-refractivity contribution is -0.117. The molecule has 2 heterocycles. The molecule has 0 atom stereocenters. The van der Waals surface area contributed by atoms with E-state index in [0.717, 1.165) is 25.2 Å². The van der Waals surface area contributed by atoms with E-state index < -0.39 is 0 Å². The molecular weight excluding hydrogens is 304 g/mol. The first-order valence-corrected chi connectivity index (χ1v) is 8.28. The zero-order chi connectivity index (χ0) is 17.1.